The van der Waals surface area contributed by atoms with E-state index in [0.717, 1.165) is 44.5 Å². The first kappa shape index (κ1) is 24.3. The lowest BCUT2D eigenvalue weighted by Crippen LogP contribution is -2.16. The van der Waals surface area contributed by atoms with Crippen LogP contribution >= 0.6 is 0 Å². The van der Waals surface area contributed by atoms with Gasteiger partial charge in [0.25, 0.3) is 0 Å². The fourth-order valence-corrected chi connectivity index (χ4v) is 5.29. The smallest absolute Gasteiger partial charge is 0.339 e. The fraction of sp³-hybridized carbons (Fsp3) is 0.188. The van der Waals surface area contributed by atoms with Gasteiger partial charge in [0.1, 0.15) is 0 Å². The number of hydrogen-bond donors (Lipinski definition) is 0. The molecule has 2 heterocycles. The van der Waals surface area contributed by atoms with Crippen LogP contribution < -0.4 is 4.90 Å². The Morgan fingerprint density at radius 3 is 2.38 bits per heavy atom. The van der Waals surface area contributed by atoms with Gasteiger partial charge in [0.05, 0.1) is 30.0 Å². The number of nitrogens with zero attached hydrogens (tertiary/aromatic N) is 3. The molecule has 2 aromatic heterocycles. The van der Waals surface area contributed by atoms with Gasteiger partial charge in [0.2, 0.25) is 0 Å². The summed E-state index contributed by atoms with van der Waals surface area (Å²) >= 11 is 0. The lowest BCUT2D eigenvalue weighted by Gasteiger charge is -2.24. The molecule has 5 nitrogen and oxygen atoms in total. The Morgan fingerprint density at radius 2 is 1.68 bits per heavy atom. The highest BCUT2D eigenvalue weighted by atomic mass is 16.5. The highest BCUT2D eigenvalue weighted by molar-refractivity contribution is 5.95. The van der Waals surface area contributed by atoms with Crippen LogP contribution in [0.25, 0.3) is 22.2 Å². The van der Waals surface area contributed by atoms with Gasteiger partial charge in [0.15, 0.2) is 0 Å². The first-order valence-corrected chi connectivity index (χ1v) is 12.4. The third-order valence-electron chi connectivity index (χ3n) is 7.08. The number of methoxy groups -OCH3 is 1. The summed E-state index contributed by atoms with van der Waals surface area (Å²) in [6.45, 7) is 2.13. The van der Waals surface area contributed by atoms with Gasteiger partial charge in [-0.05, 0) is 59.5 Å². The highest BCUT2D eigenvalue weighted by Crippen LogP contribution is 2.45. The summed E-state index contributed by atoms with van der Waals surface area (Å²) in [5.41, 5.74) is 8.96. The number of carbonyl (C=O) groups is 1. The number of rotatable bonds is 6. The maximum absolute atomic E-state index is 13.0. The number of anilines is 1. The molecule has 0 radical (unpaired) electrons. The molecule has 0 amide bonds. The molecule has 0 aliphatic rings. The molecule has 1 unspecified atom stereocenters. The van der Waals surface area contributed by atoms with Crippen LogP contribution in [0.2, 0.25) is 0 Å². The first-order chi connectivity index (χ1) is 17.9. The molecule has 186 valence electrons. The first-order valence-electron chi connectivity index (χ1n) is 12.4. The van der Waals surface area contributed by atoms with E-state index >= 15 is 0 Å². The Balaban J connectivity index is 1.91. The molecule has 0 spiro atoms. The van der Waals surface area contributed by atoms with Gasteiger partial charge in [-0.1, -0.05) is 54.6 Å². The van der Waals surface area contributed by atoms with Crippen molar-refractivity contribution in [3.05, 3.63) is 119 Å². The summed E-state index contributed by atoms with van der Waals surface area (Å²) < 4.78 is 7.44. The zero-order valence-electron chi connectivity index (χ0n) is 21.9. The summed E-state index contributed by atoms with van der Waals surface area (Å²) in [6.07, 6.45) is 1.76. The molecule has 0 saturated carbocycles. The van der Waals surface area contributed by atoms with E-state index in [2.05, 4.69) is 90.2 Å². The van der Waals surface area contributed by atoms with Gasteiger partial charge >= 0.3 is 5.97 Å². The van der Waals surface area contributed by atoms with E-state index in [1.165, 1.54) is 7.11 Å². The zero-order chi connectivity index (χ0) is 26.1. The summed E-state index contributed by atoms with van der Waals surface area (Å²) in [5.74, 6) is -0.690. The van der Waals surface area contributed by atoms with Crippen LogP contribution in [-0.4, -0.2) is 36.7 Å². The fourth-order valence-electron chi connectivity index (χ4n) is 5.29. The molecule has 1 atom stereocenters. The molecule has 5 heteroatoms. The number of aryl methyl sites for hydroxylation is 2. The van der Waals surface area contributed by atoms with Crippen LogP contribution in [-0.2, 0) is 11.8 Å². The molecule has 0 N–H and O–H groups in total. The van der Waals surface area contributed by atoms with Crippen LogP contribution in [0.15, 0.2) is 91.1 Å². The van der Waals surface area contributed by atoms with E-state index in [-0.39, 0.29) is 5.92 Å². The molecule has 5 rings (SSSR count). The van der Waals surface area contributed by atoms with E-state index in [4.69, 9.17) is 9.72 Å². The van der Waals surface area contributed by atoms with Crippen LogP contribution in [0.4, 0.5) is 5.69 Å². The largest absolute Gasteiger partial charge is 0.465 e. The maximum atomic E-state index is 13.0. The number of aromatic nitrogens is 2. The molecular weight excluding hydrogens is 458 g/mol. The number of hydrogen-bond acceptors (Lipinski definition) is 4. The van der Waals surface area contributed by atoms with Crippen molar-refractivity contribution in [3.63, 3.8) is 0 Å². The van der Waals surface area contributed by atoms with Gasteiger partial charge in [-0.25, -0.2) is 4.79 Å². The molecule has 0 saturated heterocycles. The lowest BCUT2D eigenvalue weighted by molar-refractivity contribution is 0.0598. The van der Waals surface area contributed by atoms with E-state index in [1.807, 2.05) is 20.2 Å². The Hall–Kier alpha value is -4.38. The van der Waals surface area contributed by atoms with Gasteiger partial charge in [0, 0.05) is 43.9 Å². The van der Waals surface area contributed by atoms with Gasteiger partial charge in [-0.2, -0.15) is 0 Å². The van der Waals surface area contributed by atoms with Crippen molar-refractivity contribution in [3.8, 4) is 11.3 Å². The monoisotopic (exact) mass is 489 g/mol. The Morgan fingerprint density at radius 1 is 0.946 bits per heavy atom. The molecular formula is C32H31N3O2. The minimum atomic E-state index is -0.392. The molecule has 3 aromatic carbocycles. The van der Waals surface area contributed by atoms with Crippen LogP contribution in [0.5, 0.6) is 0 Å². The van der Waals surface area contributed by atoms with Crippen molar-refractivity contribution < 1.29 is 9.53 Å². The quantitative estimate of drug-likeness (QED) is 0.253. The SMILES string of the molecule is COC(=O)c1cccnc1C(c1ccc(N(C)C)cc1C)c1c(-c2ccccc2)n(C)c2ccccc12. The number of fused-ring (bicyclic) bond motifs is 1. The Bertz CT molecular complexity index is 1590. The van der Waals surface area contributed by atoms with E-state index < -0.39 is 5.97 Å². The van der Waals surface area contributed by atoms with Gasteiger partial charge < -0.3 is 14.2 Å². The van der Waals surface area contributed by atoms with Crippen LogP contribution in [0.1, 0.15) is 38.7 Å². The number of benzene rings is 3. The predicted octanol–water partition coefficient (Wildman–Crippen LogP) is 6.58. The van der Waals surface area contributed by atoms with Crippen molar-refractivity contribution in [2.24, 2.45) is 7.05 Å². The summed E-state index contributed by atoms with van der Waals surface area (Å²) in [6, 6.07) is 28.9. The Kier molecular flexibility index (Phi) is 6.53. The second kappa shape index (κ2) is 9.94. The highest BCUT2D eigenvalue weighted by Gasteiger charge is 2.31. The molecule has 0 aliphatic heterocycles. The lowest BCUT2D eigenvalue weighted by atomic mass is 9.81. The van der Waals surface area contributed by atoms with Crippen LogP contribution in [0.3, 0.4) is 0 Å². The Labute approximate surface area is 218 Å². The van der Waals surface area contributed by atoms with Crippen molar-refractivity contribution >= 4 is 22.6 Å². The minimum absolute atomic E-state index is 0.298. The number of pyridine rings is 1. The minimum Gasteiger partial charge on any atom is -0.465 e. The van der Waals surface area contributed by atoms with E-state index in [9.17, 15) is 4.79 Å². The van der Waals surface area contributed by atoms with Crippen molar-refractivity contribution in [2.45, 2.75) is 12.8 Å². The molecule has 0 fully saturated rings. The van der Waals surface area contributed by atoms with Crippen LogP contribution in [0, 0.1) is 6.92 Å². The second-order valence-corrected chi connectivity index (χ2v) is 9.50. The van der Waals surface area contributed by atoms with Gasteiger partial charge in [-0.15, -0.1) is 0 Å². The van der Waals surface area contributed by atoms with Crippen molar-refractivity contribution in [2.75, 3.05) is 26.1 Å². The summed E-state index contributed by atoms with van der Waals surface area (Å²) in [7, 11) is 7.60. The summed E-state index contributed by atoms with van der Waals surface area (Å²) in [4.78, 5) is 19.9. The predicted molar refractivity (Wildman–Crippen MR) is 150 cm³/mol. The van der Waals surface area contributed by atoms with Crippen molar-refractivity contribution in [1.82, 2.24) is 9.55 Å². The van der Waals surface area contributed by atoms with E-state index in [0.29, 0.717) is 11.3 Å². The van der Waals surface area contributed by atoms with E-state index in [1.54, 1.807) is 18.3 Å². The normalized spacial score (nSPS) is 11.9. The standard InChI is InChI=1S/C32H31N3O2/c1-21-20-23(34(2)3)17-18-24(21)28(30-26(32(36)37-5)15-11-19-33-30)29-25-14-9-10-16-27(25)35(4)31(29)22-12-7-6-8-13-22/h6-20,28H,1-5H3. The third kappa shape index (κ3) is 4.27. The topological polar surface area (TPSA) is 47.4 Å². The average molecular weight is 490 g/mol. The summed E-state index contributed by atoms with van der Waals surface area (Å²) in [5, 5.41) is 1.13. The third-order valence-corrected chi connectivity index (χ3v) is 7.08. The average Bonchev–Trinajstić information content (AvgIpc) is 3.22. The number of para-hydroxylation sites is 1. The molecule has 0 bridgehead atoms. The molecule has 5 aromatic rings. The zero-order valence-corrected chi connectivity index (χ0v) is 21.9. The molecule has 37 heavy (non-hydrogen) atoms. The molecule has 0 aliphatic carbocycles. The maximum Gasteiger partial charge on any atom is 0.339 e. The number of ether oxygens (including phenoxy) is 1. The second-order valence-electron chi connectivity index (χ2n) is 9.50. The van der Waals surface area contributed by atoms with Gasteiger partial charge in [-0.3, -0.25) is 4.98 Å². The van der Waals surface area contributed by atoms with Crippen molar-refractivity contribution in [1.29, 1.82) is 0 Å². The number of carbonyl (C=O) groups excluding carboxylic acids is 1. The number of esters is 1.